The molecule has 33 heavy (non-hydrogen) atoms. The van der Waals surface area contributed by atoms with E-state index < -0.39 is 10.0 Å². The molecule has 0 N–H and O–H groups in total. The van der Waals surface area contributed by atoms with Crippen LogP contribution in [0.3, 0.4) is 0 Å². The van der Waals surface area contributed by atoms with Crippen molar-refractivity contribution in [2.75, 3.05) is 25.0 Å². The third-order valence-electron chi connectivity index (χ3n) is 6.14. The highest BCUT2D eigenvalue weighted by Gasteiger charge is 2.35. The van der Waals surface area contributed by atoms with Gasteiger partial charge in [0.05, 0.1) is 5.92 Å². The molecule has 4 rings (SSSR count). The first-order valence-corrected chi connectivity index (χ1v) is 13.3. The molecule has 2 aromatic heterocycles. The van der Waals surface area contributed by atoms with Crippen molar-refractivity contribution in [3.63, 3.8) is 0 Å². The van der Waals surface area contributed by atoms with Crippen molar-refractivity contribution in [3.8, 4) is 11.4 Å². The number of hydrogen-bond acceptors (Lipinski definition) is 7. The number of carbonyl (C=O) groups excluding carboxylic acids is 1. The Morgan fingerprint density at radius 1 is 1.27 bits per heavy atom. The molecule has 0 bridgehead atoms. The van der Waals surface area contributed by atoms with Crippen LogP contribution in [-0.4, -0.2) is 48.9 Å². The molecule has 1 aromatic carbocycles. The van der Waals surface area contributed by atoms with Crippen LogP contribution in [0.25, 0.3) is 11.4 Å². The van der Waals surface area contributed by atoms with E-state index in [1.165, 1.54) is 4.31 Å². The molecular formula is C23H28N4O4S2. The summed E-state index contributed by atoms with van der Waals surface area (Å²) in [6, 6.07) is 7.48. The second-order valence-corrected chi connectivity index (χ2v) is 11.5. The molecule has 1 aliphatic rings. The first kappa shape index (κ1) is 23.6. The molecular weight excluding hydrogens is 460 g/mol. The molecule has 176 valence electrons. The predicted molar refractivity (Wildman–Crippen MR) is 128 cm³/mol. The Morgan fingerprint density at radius 2 is 2.06 bits per heavy atom. The second-order valence-electron chi connectivity index (χ2n) is 8.39. The molecule has 0 unspecified atom stereocenters. The summed E-state index contributed by atoms with van der Waals surface area (Å²) in [5.74, 6) is 0.435. The number of benzene rings is 1. The topological polar surface area (TPSA) is 96.6 Å². The van der Waals surface area contributed by atoms with E-state index in [2.05, 4.69) is 10.1 Å². The third-order valence-corrected chi connectivity index (χ3v) is 9.42. The van der Waals surface area contributed by atoms with Gasteiger partial charge in [-0.15, -0.1) is 11.3 Å². The van der Waals surface area contributed by atoms with Gasteiger partial charge >= 0.3 is 0 Å². The molecule has 8 nitrogen and oxygen atoms in total. The quantitative estimate of drug-likeness (QED) is 0.520. The minimum atomic E-state index is -3.72. The zero-order valence-electron chi connectivity index (χ0n) is 19.2. The van der Waals surface area contributed by atoms with Gasteiger partial charge in [0, 0.05) is 43.2 Å². The maximum absolute atomic E-state index is 13.3. The molecule has 0 spiro atoms. The normalized spacial score (nSPS) is 17.3. The summed E-state index contributed by atoms with van der Waals surface area (Å²) in [7, 11) is -1.97. The average molecular weight is 489 g/mol. The van der Waals surface area contributed by atoms with Gasteiger partial charge in [0.2, 0.25) is 17.6 Å². The number of aromatic nitrogens is 2. The van der Waals surface area contributed by atoms with Crippen LogP contribution in [0.2, 0.25) is 0 Å². The van der Waals surface area contributed by atoms with Gasteiger partial charge < -0.3 is 9.42 Å². The lowest BCUT2D eigenvalue weighted by molar-refractivity contribution is -0.123. The fourth-order valence-electron chi connectivity index (χ4n) is 3.91. The number of carbonyl (C=O) groups is 1. The lowest BCUT2D eigenvalue weighted by atomic mass is 9.98. The maximum Gasteiger partial charge on any atom is 0.252 e. The highest BCUT2D eigenvalue weighted by Crippen LogP contribution is 2.32. The third kappa shape index (κ3) is 4.73. The van der Waals surface area contributed by atoms with Gasteiger partial charge in [-0.25, -0.2) is 8.42 Å². The Bertz CT molecular complexity index is 1260. The molecule has 1 amide bonds. The SMILES string of the molecule is CCc1nc(-c2csc(S(=O)(=O)N3CCC[C@H](C(=O)N(C)c4ccc(C)c(C)c4)C3)c2)no1. The highest BCUT2D eigenvalue weighted by atomic mass is 32.2. The van der Waals surface area contributed by atoms with Gasteiger partial charge in [-0.05, 0) is 56.0 Å². The van der Waals surface area contributed by atoms with E-state index in [0.717, 1.165) is 28.2 Å². The predicted octanol–water partition coefficient (Wildman–Crippen LogP) is 4.04. The molecule has 3 aromatic rings. The lowest BCUT2D eigenvalue weighted by Crippen LogP contribution is -2.45. The van der Waals surface area contributed by atoms with Crippen LogP contribution in [0.5, 0.6) is 0 Å². The van der Waals surface area contributed by atoms with Crippen LogP contribution < -0.4 is 4.90 Å². The van der Waals surface area contributed by atoms with Crippen LogP contribution in [0.15, 0.2) is 38.4 Å². The van der Waals surface area contributed by atoms with Crippen molar-refractivity contribution in [3.05, 3.63) is 46.7 Å². The minimum Gasteiger partial charge on any atom is -0.339 e. The maximum atomic E-state index is 13.3. The summed E-state index contributed by atoms with van der Waals surface area (Å²) in [5.41, 5.74) is 3.71. The van der Waals surface area contributed by atoms with Gasteiger partial charge in [-0.2, -0.15) is 9.29 Å². The van der Waals surface area contributed by atoms with E-state index in [-0.39, 0.29) is 22.6 Å². The fourth-order valence-corrected chi connectivity index (χ4v) is 6.74. The van der Waals surface area contributed by atoms with Crippen LogP contribution in [0.4, 0.5) is 5.69 Å². The largest absolute Gasteiger partial charge is 0.339 e. The Morgan fingerprint density at radius 3 is 2.76 bits per heavy atom. The molecule has 10 heteroatoms. The average Bonchev–Trinajstić information content (AvgIpc) is 3.50. The standard InChI is InChI=1S/C23H28N4O4S2/c1-5-20-24-22(25-31-20)18-12-21(32-14-18)33(29,30)27-10-6-7-17(13-27)23(28)26(4)19-9-8-15(2)16(3)11-19/h8-9,11-12,14,17H,5-7,10,13H2,1-4H3/t17-/m0/s1. The molecule has 1 atom stereocenters. The van der Waals surface area contributed by atoms with Gasteiger partial charge in [-0.1, -0.05) is 18.1 Å². The number of hydrogen-bond donors (Lipinski definition) is 0. The van der Waals surface area contributed by atoms with Crippen LogP contribution in [0.1, 0.15) is 36.8 Å². The van der Waals surface area contributed by atoms with Crippen LogP contribution in [0, 0.1) is 19.8 Å². The van der Waals surface area contributed by atoms with Gasteiger partial charge in [-0.3, -0.25) is 4.79 Å². The Hall–Kier alpha value is -2.56. The van der Waals surface area contributed by atoms with E-state index in [9.17, 15) is 13.2 Å². The van der Waals surface area contributed by atoms with Crippen molar-refractivity contribution < 1.29 is 17.7 Å². The number of sulfonamides is 1. The summed E-state index contributed by atoms with van der Waals surface area (Å²) in [4.78, 5) is 19.1. The Kier molecular flexibility index (Phi) is 6.69. The molecule has 3 heterocycles. The zero-order valence-corrected chi connectivity index (χ0v) is 20.9. The number of rotatable bonds is 6. The summed E-state index contributed by atoms with van der Waals surface area (Å²) in [5, 5.41) is 5.64. The minimum absolute atomic E-state index is 0.0658. The number of amides is 1. The zero-order chi connectivity index (χ0) is 23.8. The second kappa shape index (κ2) is 9.36. The Labute approximate surface area is 198 Å². The molecule has 0 saturated carbocycles. The molecule has 1 aliphatic heterocycles. The van der Waals surface area contributed by atoms with Crippen molar-refractivity contribution in [2.24, 2.45) is 5.92 Å². The molecule has 0 radical (unpaired) electrons. The first-order chi connectivity index (χ1) is 15.7. The lowest BCUT2D eigenvalue weighted by Gasteiger charge is -2.33. The van der Waals surface area contributed by atoms with Crippen molar-refractivity contribution >= 4 is 33.0 Å². The number of anilines is 1. The smallest absolute Gasteiger partial charge is 0.252 e. The van der Waals surface area contributed by atoms with Gasteiger partial charge in [0.1, 0.15) is 4.21 Å². The van der Waals surface area contributed by atoms with Crippen LogP contribution >= 0.6 is 11.3 Å². The van der Waals surface area contributed by atoms with E-state index >= 15 is 0 Å². The monoisotopic (exact) mass is 488 g/mol. The molecule has 0 aliphatic carbocycles. The van der Waals surface area contributed by atoms with Gasteiger partial charge in [0.15, 0.2) is 0 Å². The van der Waals surface area contributed by atoms with E-state index in [1.54, 1.807) is 23.4 Å². The van der Waals surface area contributed by atoms with Gasteiger partial charge in [0.25, 0.3) is 10.0 Å². The van der Waals surface area contributed by atoms with Crippen molar-refractivity contribution in [2.45, 2.75) is 44.2 Å². The first-order valence-electron chi connectivity index (χ1n) is 11.0. The Balaban J connectivity index is 1.50. The summed E-state index contributed by atoms with van der Waals surface area (Å²) >= 11 is 1.13. The molecule has 1 saturated heterocycles. The molecule has 1 fully saturated rings. The van der Waals surface area contributed by atoms with Crippen molar-refractivity contribution in [1.29, 1.82) is 0 Å². The summed E-state index contributed by atoms with van der Waals surface area (Å²) in [6.45, 7) is 6.52. The number of aryl methyl sites for hydroxylation is 3. The number of nitrogens with zero attached hydrogens (tertiary/aromatic N) is 4. The number of thiophene rings is 1. The number of piperidine rings is 1. The van der Waals surface area contributed by atoms with Crippen molar-refractivity contribution in [1.82, 2.24) is 14.4 Å². The van der Waals surface area contributed by atoms with E-state index in [0.29, 0.717) is 43.1 Å². The highest BCUT2D eigenvalue weighted by molar-refractivity contribution is 7.91. The summed E-state index contributed by atoms with van der Waals surface area (Å²) < 4.78 is 33.4. The summed E-state index contributed by atoms with van der Waals surface area (Å²) in [6.07, 6.45) is 1.92. The van der Waals surface area contributed by atoms with E-state index in [4.69, 9.17) is 4.52 Å². The van der Waals surface area contributed by atoms with E-state index in [1.807, 2.05) is 39.0 Å². The van der Waals surface area contributed by atoms with Crippen LogP contribution in [-0.2, 0) is 21.2 Å². The fraction of sp³-hybridized carbons (Fsp3) is 0.435.